The Balaban J connectivity index is 1.28. The molecule has 7 aromatic carbocycles. The van der Waals surface area contributed by atoms with Crippen molar-refractivity contribution in [2.45, 2.75) is 38.5 Å². The zero-order valence-electron chi connectivity index (χ0n) is 27.6. The van der Waals surface area contributed by atoms with Gasteiger partial charge in [-0.25, -0.2) is 0 Å². The van der Waals surface area contributed by atoms with Crippen molar-refractivity contribution in [2.24, 2.45) is 0 Å². The zero-order chi connectivity index (χ0) is 32.4. The minimum atomic E-state index is -0.110. The largest absolute Gasteiger partial charge is 0.455 e. The molecule has 0 spiro atoms. The number of nitrogens with zero attached hydrogens (tertiary/aromatic N) is 1. The van der Waals surface area contributed by atoms with Crippen LogP contribution in [0.2, 0.25) is 0 Å². The van der Waals surface area contributed by atoms with E-state index in [1.165, 1.54) is 44.5 Å². The van der Waals surface area contributed by atoms with Gasteiger partial charge in [0.05, 0.1) is 5.69 Å². The Kier molecular flexibility index (Phi) is 5.44. The molecular formula is C46H35NO. The smallest absolute Gasteiger partial charge is 0.143 e. The van der Waals surface area contributed by atoms with E-state index in [2.05, 4.69) is 166 Å². The summed E-state index contributed by atoms with van der Waals surface area (Å²) in [4.78, 5) is 2.48. The van der Waals surface area contributed by atoms with Gasteiger partial charge in [-0.2, -0.15) is 0 Å². The monoisotopic (exact) mass is 617 g/mol. The number of furan rings is 1. The molecule has 0 bridgehead atoms. The van der Waals surface area contributed by atoms with E-state index in [0.717, 1.165) is 49.8 Å². The first-order valence-electron chi connectivity index (χ1n) is 16.9. The molecule has 2 aliphatic carbocycles. The van der Waals surface area contributed by atoms with E-state index < -0.39 is 0 Å². The second kappa shape index (κ2) is 9.49. The summed E-state index contributed by atoms with van der Waals surface area (Å²) < 4.78 is 6.54. The highest BCUT2D eigenvalue weighted by Crippen LogP contribution is 2.54. The van der Waals surface area contributed by atoms with Gasteiger partial charge in [-0.1, -0.05) is 131 Å². The van der Waals surface area contributed by atoms with Crippen molar-refractivity contribution >= 4 is 49.8 Å². The van der Waals surface area contributed by atoms with Gasteiger partial charge in [0.1, 0.15) is 11.2 Å². The minimum Gasteiger partial charge on any atom is -0.455 e. The predicted molar refractivity (Wildman–Crippen MR) is 201 cm³/mol. The Morgan fingerprint density at radius 3 is 1.73 bits per heavy atom. The maximum Gasteiger partial charge on any atom is 0.143 e. The molecule has 48 heavy (non-hydrogen) atoms. The molecule has 0 saturated carbocycles. The summed E-state index contributed by atoms with van der Waals surface area (Å²) in [5, 5.41) is 4.54. The Morgan fingerprint density at radius 1 is 0.417 bits per heavy atom. The van der Waals surface area contributed by atoms with E-state index in [1.54, 1.807) is 0 Å². The summed E-state index contributed by atoms with van der Waals surface area (Å²) >= 11 is 0. The van der Waals surface area contributed by atoms with Gasteiger partial charge in [-0.15, -0.1) is 0 Å². The maximum atomic E-state index is 6.54. The van der Waals surface area contributed by atoms with Crippen molar-refractivity contribution in [3.8, 4) is 22.3 Å². The van der Waals surface area contributed by atoms with Crippen molar-refractivity contribution < 1.29 is 4.42 Å². The lowest BCUT2D eigenvalue weighted by Crippen LogP contribution is -2.17. The molecule has 0 unspecified atom stereocenters. The predicted octanol–water partition coefficient (Wildman–Crippen LogP) is 12.8. The highest BCUT2D eigenvalue weighted by molar-refractivity contribution is 6.19. The third-order valence-electron chi connectivity index (χ3n) is 11.3. The van der Waals surface area contributed by atoms with Gasteiger partial charge in [-0.3, -0.25) is 0 Å². The number of anilines is 3. The van der Waals surface area contributed by atoms with Crippen molar-refractivity contribution in [3.63, 3.8) is 0 Å². The van der Waals surface area contributed by atoms with Crippen LogP contribution in [-0.4, -0.2) is 0 Å². The molecule has 1 aromatic heterocycles. The normalized spacial score (nSPS) is 15.0. The third kappa shape index (κ3) is 3.58. The molecule has 2 nitrogen and oxygen atoms in total. The summed E-state index contributed by atoms with van der Waals surface area (Å²) in [5.74, 6) is 0. The van der Waals surface area contributed by atoms with Crippen LogP contribution in [0.3, 0.4) is 0 Å². The van der Waals surface area contributed by atoms with E-state index in [0.29, 0.717) is 0 Å². The molecular weight excluding hydrogens is 583 g/mol. The lowest BCUT2D eigenvalue weighted by molar-refractivity contribution is 0.660. The van der Waals surface area contributed by atoms with Crippen LogP contribution in [0.4, 0.5) is 17.1 Å². The third-order valence-corrected chi connectivity index (χ3v) is 11.3. The first kappa shape index (κ1) is 27.5. The SMILES string of the molecule is CC1(C)c2ccccc2-c2cc(N(c3ccc4c(c3)C(C)(C)c3ccccc3-4)c3cc4c5ccccc5oc4c4ccccc34)ccc21. The molecule has 230 valence electrons. The van der Waals surface area contributed by atoms with Gasteiger partial charge in [-0.05, 0) is 80.9 Å². The Labute approximate surface area is 280 Å². The van der Waals surface area contributed by atoms with Crippen molar-refractivity contribution in [1.82, 2.24) is 0 Å². The molecule has 10 rings (SSSR count). The molecule has 1 heterocycles. The first-order chi connectivity index (χ1) is 23.3. The van der Waals surface area contributed by atoms with E-state index in [-0.39, 0.29) is 10.8 Å². The Bertz CT molecular complexity index is 2630. The summed E-state index contributed by atoms with van der Waals surface area (Å²) in [6.07, 6.45) is 0. The topological polar surface area (TPSA) is 16.4 Å². The fourth-order valence-electron chi connectivity index (χ4n) is 8.82. The van der Waals surface area contributed by atoms with Crippen LogP contribution in [0.15, 0.2) is 144 Å². The van der Waals surface area contributed by atoms with Gasteiger partial charge < -0.3 is 9.32 Å². The van der Waals surface area contributed by atoms with E-state index >= 15 is 0 Å². The van der Waals surface area contributed by atoms with Gasteiger partial charge in [0.15, 0.2) is 0 Å². The van der Waals surface area contributed by atoms with E-state index in [1.807, 2.05) is 6.07 Å². The average Bonchev–Trinajstić information content (AvgIpc) is 3.68. The van der Waals surface area contributed by atoms with Crippen molar-refractivity contribution in [2.75, 3.05) is 4.90 Å². The molecule has 0 fully saturated rings. The number of benzene rings is 7. The average molecular weight is 618 g/mol. The van der Waals surface area contributed by atoms with Crippen LogP contribution in [0, 0.1) is 0 Å². The molecule has 2 aliphatic rings. The molecule has 2 heteroatoms. The Hall–Kier alpha value is -5.60. The first-order valence-corrected chi connectivity index (χ1v) is 16.9. The number of hydrogen-bond donors (Lipinski definition) is 0. The lowest BCUT2D eigenvalue weighted by atomic mass is 9.82. The van der Waals surface area contributed by atoms with Gasteiger partial charge in [0.2, 0.25) is 0 Å². The maximum absolute atomic E-state index is 6.54. The van der Waals surface area contributed by atoms with Crippen LogP contribution < -0.4 is 4.90 Å². The van der Waals surface area contributed by atoms with Crippen LogP contribution in [0.5, 0.6) is 0 Å². The Morgan fingerprint density at radius 2 is 0.958 bits per heavy atom. The molecule has 0 amide bonds. The molecule has 8 aromatic rings. The summed E-state index contributed by atoms with van der Waals surface area (Å²) in [5.41, 5.74) is 15.9. The lowest BCUT2D eigenvalue weighted by Gasteiger charge is -2.30. The second-order valence-electron chi connectivity index (χ2n) is 14.6. The second-order valence-corrected chi connectivity index (χ2v) is 14.6. The number of fused-ring (bicyclic) bond motifs is 11. The van der Waals surface area contributed by atoms with Gasteiger partial charge in [0.25, 0.3) is 0 Å². The molecule has 0 saturated heterocycles. The van der Waals surface area contributed by atoms with Crippen molar-refractivity contribution in [1.29, 1.82) is 0 Å². The molecule has 0 atom stereocenters. The summed E-state index contributed by atoms with van der Waals surface area (Å²) in [6, 6.07) is 51.4. The summed E-state index contributed by atoms with van der Waals surface area (Å²) in [6.45, 7) is 9.42. The highest BCUT2D eigenvalue weighted by atomic mass is 16.3. The minimum absolute atomic E-state index is 0.0556. The highest BCUT2D eigenvalue weighted by Gasteiger charge is 2.37. The molecule has 0 aliphatic heterocycles. The standard InChI is InChI=1S/C46H35NO/c1-45(2)39-19-11-8-14-31(39)36-25-28(22-24-40(36)45)47(29-21-23-32-30-13-7-10-18-38(30)46(3,4)41(32)26-29)42-27-37-34-16-9-12-20-43(34)48-44(37)35-17-6-5-15-33(35)42/h5-27H,1-4H3. The number of hydrogen-bond acceptors (Lipinski definition) is 2. The van der Waals surface area contributed by atoms with Crippen LogP contribution in [-0.2, 0) is 10.8 Å². The number of rotatable bonds is 3. The van der Waals surface area contributed by atoms with Gasteiger partial charge in [0, 0.05) is 43.7 Å². The van der Waals surface area contributed by atoms with Gasteiger partial charge >= 0.3 is 0 Å². The van der Waals surface area contributed by atoms with Crippen LogP contribution in [0.25, 0.3) is 55.0 Å². The zero-order valence-corrected chi connectivity index (χ0v) is 27.6. The van der Waals surface area contributed by atoms with Crippen molar-refractivity contribution in [3.05, 3.63) is 162 Å². The van der Waals surface area contributed by atoms with Crippen LogP contribution in [0.1, 0.15) is 49.9 Å². The molecule has 0 N–H and O–H groups in total. The van der Waals surface area contributed by atoms with E-state index in [4.69, 9.17) is 4.42 Å². The van der Waals surface area contributed by atoms with E-state index in [9.17, 15) is 0 Å². The van der Waals surface area contributed by atoms with Crippen LogP contribution >= 0.6 is 0 Å². The fraction of sp³-hybridized carbons (Fsp3) is 0.130. The fourth-order valence-corrected chi connectivity index (χ4v) is 8.82. The summed E-state index contributed by atoms with van der Waals surface area (Å²) in [7, 11) is 0. The molecule has 0 radical (unpaired) electrons. The number of para-hydroxylation sites is 1. The quantitative estimate of drug-likeness (QED) is 0.196.